The van der Waals surface area contributed by atoms with Gasteiger partial charge in [0, 0.05) is 33.4 Å². The molecule has 0 radical (unpaired) electrons. The predicted octanol–water partition coefficient (Wildman–Crippen LogP) is 4.06. The van der Waals surface area contributed by atoms with Crippen molar-refractivity contribution in [2.45, 2.75) is 84.8 Å². The monoisotopic (exact) mass is 526 g/mol. The Morgan fingerprint density at radius 3 is 2.17 bits per heavy atom. The van der Waals surface area contributed by atoms with Crippen LogP contribution in [-0.2, 0) is 9.47 Å². The Morgan fingerprint density at radius 2 is 1.72 bits per heavy atom. The normalized spacial score (nSPS) is 15.9. The number of nitrogens with one attached hydrogen (secondary N) is 3. The number of ether oxygens (including phenoxy) is 2. The zero-order valence-electron chi connectivity index (χ0n) is 19.4. The maximum absolute atomic E-state index is 12.3. The van der Waals surface area contributed by atoms with E-state index in [9.17, 15) is 4.79 Å². The topological polar surface area (TPSA) is 84.0 Å². The minimum Gasteiger partial charge on any atom is -0.444 e. The number of hydrogen-bond acceptors (Lipinski definition) is 4. The first-order chi connectivity index (χ1) is 13.1. The van der Waals surface area contributed by atoms with Gasteiger partial charge in [0.25, 0.3) is 0 Å². The van der Waals surface area contributed by atoms with Crippen molar-refractivity contribution in [2.75, 3.05) is 33.4 Å². The van der Waals surface area contributed by atoms with Crippen molar-refractivity contribution in [3.8, 4) is 0 Å². The molecular formula is C21H43IN4O3. The van der Waals surface area contributed by atoms with Crippen LogP contribution in [0.3, 0.4) is 0 Å². The van der Waals surface area contributed by atoms with E-state index in [0.29, 0.717) is 12.0 Å². The number of carbonyl (C=O) groups excluding carboxylic acids is 1. The molecule has 0 heterocycles. The molecule has 1 amide bonds. The second-order valence-electron chi connectivity index (χ2n) is 8.84. The number of carbonyl (C=O) groups is 1. The second kappa shape index (κ2) is 12.8. The highest BCUT2D eigenvalue weighted by atomic mass is 127. The average molecular weight is 527 g/mol. The lowest BCUT2D eigenvalue weighted by molar-refractivity contribution is 0.0448. The van der Waals surface area contributed by atoms with E-state index in [-0.39, 0.29) is 35.6 Å². The number of halogens is 1. The zero-order valence-corrected chi connectivity index (χ0v) is 21.8. The van der Waals surface area contributed by atoms with E-state index in [1.807, 2.05) is 27.7 Å². The minimum atomic E-state index is -0.512. The van der Waals surface area contributed by atoms with Gasteiger partial charge < -0.3 is 25.4 Å². The summed E-state index contributed by atoms with van der Waals surface area (Å²) in [5.74, 6) is 0.764. The maximum atomic E-state index is 12.3. The van der Waals surface area contributed by atoms with Crippen molar-refractivity contribution in [1.29, 1.82) is 0 Å². The molecule has 1 fully saturated rings. The van der Waals surface area contributed by atoms with E-state index in [1.165, 1.54) is 12.8 Å². The van der Waals surface area contributed by atoms with E-state index in [4.69, 9.17) is 9.47 Å². The van der Waals surface area contributed by atoms with Crippen molar-refractivity contribution in [1.82, 2.24) is 16.0 Å². The fourth-order valence-corrected chi connectivity index (χ4v) is 3.11. The molecule has 0 aliphatic heterocycles. The van der Waals surface area contributed by atoms with Gasteiger partial charge in [-0.05, 0) is 65.2 Å². The largest absolute Gasteiger partial charge is 0.444 e. The lowest BCUT2D eigenvalue weighted by Crippen LogP contribution is -2.57. The minimum absolute atomic E-state index is 0. The first-order valence-corrected chi connectivity index (χ1v) is 10.7. The van der Waals surface area contributed by atoms with E-state index < -0.39 is 5.60 Å². The number of alkyl carbamates (subject to hydrolysis) is 1. The van der Waals surface area contributed by atoms with Crippen molar-refractivity contribution in [3.63, 3.8) is 0 Å². The first-order valence-electron chi connectivity index (χ1n) is 10.7. The smallest absolute Gasteiger partial charge is 0.408 e. The van der Waals surface area contributed by atoms with Crippen LogP contribution in [0.2, 0.25) is 0 Å². The maximum Gasteiger partial charge on any atom is 0.408 e. The predicted molar refractivity (Wildman–Crippen MR) is 130 cm³/mol. The lowest BCUT2D eigenvalue weighted by atomic mass is 9.93. The van der Waals surface area contributed by atoms with Gasteiger partial charge in [-0.2, -0.15) is 0 Å². The molecule has 0 aromatic carbocycles. The van der Waals surface area contributed by atoms with Gasteiger partial charge in [-0.15, -0.1) is 24.0 Å². The number of guanidine groups is 1. The molecule has 0 aromatic heterocycles. The average Bonchev–Trinajstić information content (AvgIpc) is 3.39. The number of hydrogen-bond donors (Lipinski definition) is 3. The number of rotatable bonds is 11. The fourth-order valence-electron chi connectivity index (χ4n) is 3.11. The van der Waals surface area contributed by atoms with Crippen molar-refractivity contribution < 1.29 is 14.3 Å². The number of nitrogens with zero attached hydrogens (tertiary/aromatic N) is 1. The van der Waals surface area contributed by atoms with Crippen molar-refractivity contribution in [3.05, 3.63) is 0 Å². The van der Waals surface area contributed by atoms with E-state index in [0.717, 1.165) is 45.0 Å². The third-order valence-electron chi connectivity index (χ3n) is 5.51. The van der Waals surface area contributed by atoms with Gasteiger partial charge in [-0.3, -0.25) is 4.99 Å². The lowest BCUT2D eigenvalue weighted by Gasteiger charge is -2.34. The number of amides is 1. The van der Waals surface area contributed by atoms with Crippen LogP contribution in [0.4, 0.5) is 4.79 Å². The highest BCUT2D eigenvalue weighted by molar-refractivity contribution is 14.0. The molecule has 7 nitrogen and oxygen atoms in total. The molecule has 0 unspecified atom stereocenters. The molecule has 1 aliphatic rings. The van der Waals surface area contributed by atoms with E-state index in [1.54, 1.807) is 7.05 Å². The molecular weight excluding hydrogens is 483 g/mol. The summed E-state index contributed by atoms with van der Waals surface area (Å²) in [7, 11) is 1.77. The van der Waals surface area contributed by atoms with Gasteiger partial charge in [0.05, 0.1) is 5.54 Å². The summed E-state index contributed by atoms with van der Waals surface area (Å²) in [5.41, 5.74) is -0.553. The Hall–Kier alpha value is -0.770. The molecule has 0 aromatic rings. The van der Waals surface area contributed by atoms with Crippen LogP contribution in [0.25, 0.3) is 0 Å². The Morgan fingerprint density at radius 1 is 1.10 bits per heavy atom. The van der Waals surface area contributed by atoms with E-state index >= 15 is 0 Å². The molecule has 1 rings (SSSR count). The Labute approximate surface area is 194 Å². The third kappa shape index (κ3) is 10.7. The van der Waals surface area contributed by atoms with Crippen LogP contribution in [0.1, 0.15) is 73.6 Å². The first kappa shape index (κ1) is 28.2. The summed E-state index contributed by atoms with van der Waals surface area (Å²) in [6.07, 6.45) is 4.76. The van der Waals surface area contributed by atoms with Crippen molar-refractivity contribution >= 4 is 36.0 Å². The van der Waals surface area contributed by atoms with Crippen LogP contribution in [0.15, 0.2) is 4.99 Å². The Bertz CT molecular complexity index is 513. The van der Waals surface area contributed by atoms with Gasteiger partial charge in [-0.25, -0.2) is 4.79 Å². The van der Waals surface area contributed by atoms with Crippen LogP contribution < -0.4 is 16.0 Å². The molecule has 29 heavy (non-hydrogen) atoms. The Balaban J connectivity index is 0.00000784. The second-order valence-corrected chi connectivity index (χ2v) is 8.84. The zero-order chi connectivity index (χ0) is 21.3. The molecule has 1 saturated carbocycles. The summed E-state index contributed by atoms with van der Waals surface area (Å²) in [6.45, 7) is 14.9. The molecule has 0 spiro atoms. The summed E-state index contributed by atoms with van der Waals surface area (Å²) >= 11 is 0. The molecule has 172 valence electrons. The summed E-state index contributed by atoms with van der Waals surface area (Å²) in [4.78, 5) is 16.6. The molecule has 3 N–H and O–H groups in total. The van der Waals surface area contributed by atoms with E-state index in [2.05, 4.69) is 34.8 Å². The summed E-state index contributed by atoms with van der Waals surface area (Å²) < 4.78 is 11.0. The van der Waals surface area contributed by atoms with Crippen LogP contribution >= 0.6 is 24.0 Å². The van der Waals surface area contributed by atoms with Crippen molar-refractivity contribution in [2.24, 2.45) is 10.4 Å². The van der Waals surface area contributed by atoms with Crippen LogP contribution in [0.5, 0.6) is 0 Å². The highest BCUT2D eigenvalue weighted by Gasteiger charge is 2.42. The Kier molecular flexibility index (Phi) is 12.5. The van der Waals surface area contributed by atoms with Gasteiger partial charge in [0.1, 0.15) is 5.60 Å². The molecule has 8 heteroatoms. The fraction of sp³-hybridized carbons (Fsp3) is 0.905. The molecule has 0 saturated heterocycles. The SMILES string of the molecule is CCOCCC1(CNC(=NC)NCC(CC)(CC)NC(=O)OC(C)(C)C)CC1.I. The quantitative estimate of drug-likeness (QED) is 0.164. The van der Waals surface area contributed by atoms with Gasteiger partial charge >= 0.3 is 6.09 Å². The van der Waals surface area contributed by atoms with Gasteiger partial charge in [0.15, 0.2) is 5.96 Å². The summed E-state index contributed by atoms with van der Waals surface area (Å²) in [5, 5.41) is 9.90. The van der Waals surface area contributed by atoms with Gasteiger partial charge in [-0.1, -0.05) is 13.8 Å². The third-order valence-corrected chi connectivity index (χ3v) is 5.51. The standard InChI is InChI=1S/C21H42N4O3.HI/c1-8-21(9-2,25-18(26)28-19(4,5)6)16-24-17(22-7)23-15-20(11-12-20)13-14-27-10-3;/h8-16H2,1-7H3,(H,25,26)(H2,22,23,24);1H. The highest BCUT2D eigenvalue weighted by Crippen LogP contribution is 2.48. The number of aliphatic imine (C=N–C) groups is 1. The molecule has 0 bridgehead atoms. The molecule has 0 atom stereocenters. The summed E-state index contributed by atoms with van der Waals surface area (Å²) in [6, 6.07) is 0. The van der Waals surface area contributed by atoms with Gasteiger partial charge in [0.2, 0.25) is 0 Å². The molecule has 1 aliphatic carbocycles. The van der Waals surface area contributed by atoms with Crippen LogP contribution in [-0.4, -0.2) is 56.5 Å². The van der Waals surface area contributed by atoms with Crippen LogP contribution in [0, 0.1) is 5.41 Å².